The van der Waals surface area contributed by atoms with Crippen molar-refractivity contribution in [3.8, 4) is 0 Å². The molecule has 2 aromatic rings. The topological polar surface area (TPSA) is 56.6 Å². The largest absolute Gasteiger partial charge is 0.443 e. The van der Waals surface area contributed by atoms with Gasteiger partial charge in [0.2, 0.25) is 0 Å². The van der Waals surface area contributed by atoms with Crippen LogP contribution < -0.4 is 4.90 Å². The molecule has 1 unspecified atom stereocenters. The zero-order valence-electron chi connectivity index (χ0n) is 15.1. The molecule has 0 saturated carbocycles. The maximum atomic E-state index is 14.5. The number of carbonyl (C=O) groups excluding carboxylic acids is 1. The molecule has 2 heterocycles. The third-order valence-corrected chi connectivity index (χ3v) is 4.14. The van der Waals surface area contributed by atoms with Crippen LogP contribution in [0.15, 0.2) is 18.5 Å². The first-order valence-corrected chi connectivity index (χ1v) is 8.50. The Bertz CT molecular complexity index is 776. The van der Waals surface area contributed by atoms with E-state index in [0.29, 0.717) is 12.1 Å². The molecule has 0 radical (unpaired) electrons. The Kier molecular flexibility index (Phi) is 4.69. The highest BCUT2D eigenvalue weighted by Crippen LogP contribution is 2.30. The van der Waals surface area contributed by atoms with Crippen molar-refractivity contribution in [2.24, 2.45) is 0 Å². The van der Waals surface area contributed by atoms with Gasteiger partial charge in [-0.2, -0.15) is 0 Å². The van der Waals surface area contributed by atoms with E-state index in [1.54, 1.807) is 33.2 Å². The lowest BCUT2D eigenvalue weighted by Crippen LogP contribution is -2.34. The number of hydrogen-bond donors (Lipinski definition) is 0. The van der Waals surface area contributed by atoms with E-state index < -0.39 is 17.5 Å². The van der Waals surface area contributed by atoms with Crippen molar-refractivity contribution < 1.29 is 18.7 Å². The number of ether oxygens (including phenoxy) is 2. The van der Waals surface area contributed by atoms with Crippen molar-refractivity contribution in [3.05, 3.63) is 24.3 Å². The summed E-state index contributed by atoms with van der Waals surface area (Å²) in [6.45, 7) is 6.02. The molecule has 6 nitrogen and oxygen atoms in total. The van der Waals surface area contributed by atoms with Crippen LogP contribution in [0.1, 0.15) is 46.3 Å². The number of anilines is 1. The number of imidazole rings is 1. The molecule has 1 aromatic carbocycles. The maximum absolute atomic E-state index is 14.5. The van der Waals surface area contributed by atoms with Crippen molar-refractivity contribution >= 4 is 22.8 Å². The Balaban J connectivity index is 1.95. The van der Waals surface area contributed by atoms with Gasteiger partial charge in [0.25, 0.3) is 0 Å². The zero-order chi connectivity index (χ0) is 18.2. The van der Waals surface area contributed by atoms with Gasteiger partial charge in [0.1, 0.15) is 17.6 Å². The third-order valence-electron chi connectivity index (χ3n) is 4.14. The molecule has 0 bridgehead atoms. The van der Waals surface area contributed by atoms with Gasteiger partial charge in [0, 0.05) is 19.7 Å². The van der Waals surface area contributed by atoms with Gasteiger partial charge in [-0.3, -0.25) is 4.90 Å². The molecule has 1 saturated heterocycles. The van der Waals surface area contributed by atoms with Crippen molar-refractivity contribution in [1.82, 2.24) is 9.55 Å². The molecular weight excluding hydrogens is 325 g/mol. The van der Waals surface area contributed by atoms with Crippen LogP contribution >= 0.6 is 0 Å². The summed E-state index contributed by atoms with van der Waals surface area (Å²) in [5, 5.41) is 0. The number of nitrogens with zero attached hydrogens (tertiary/aromatic N) is 3. The molecule has 1 atom stereocenters. The quantitative estimate of drug-likeness (QED) is 0.813. The average Bonchev–Trinajstić information content (AvgIpc) is 2.95. The molecule has 1 aliphatic rings. The van der Waals surface area contributed by atoms with Crippen LogP contribution in [0.2, 0.25) is 0 Å². The standard InChI is InChI=1S/C18H24FN3O3/c1-18(2,3)25-17(23)21(4)14-10-15-13(9-12(14)19)20-11-22(15)16-7-5-6-8-24-16/h9-11,16H,5-8H2,1-4H3. The minimum absolute atomic E-state index is 0.108. The van der Waals surface area contributed by atoms with Crippen molar-refractivity contribution in [2.45, 2.75) is 51.9 Å². The molecule has 3 rings (SSSR count). The Hall–Kier alpha value is -2.15. The summed E-state index contributed by atoms with van der Waals surface area (Å²) in [7, 11) is 1.50. The summed E-state index contributed by atoms with van der Waals surface area (Å²) in [6.07, 6.45) is 3.97. The van der Waals surface area contributed by atoms with Gasteiger partial charge in [-0.1, -0.05) is 0 Å². The third kappa shape index (κ3) is 3.76. The average molecular weight is 349 g/mol. The molecule has 1 aromatic heterocycles. The SMILES string of the molecule is CN(C(=O)OC(C)(C)C)c1cc2c(cc1F)ncn2C1CCCCO1. The predicted molar refractivity (Wildman–Crippen MR) is 93.2 cm³/mol. The Morgan fingerprint density at radius 2 is 2.16 bits per heavy atom. The first kappa shape index (κ1) is 17.7. The van der Waals surface area contributed by atoms with Gasteiger partial charge in [0.05, 0.1) is 23.0 Å². The fraction of sp³-hybridized carbons (Fsp3) is 0.556. The van der Waals surface area contributed by atoms with E-state index in [1.165, 1.54) is 18.0 Å². The van der Waals surface area contributed by atoms with Crippen LogP contribution in [0.3, 0.4) is 0 Å². The molecule has 0 aliphatic carbocycles. The molecule has 0 spiro atoms. The summed E-state index contributed by atoms with van der Waals surface area (Å²) in [5.41, 5.74) is 0.773. The summed E-state index contributed by atoms with van der Waals surface area (Å²) < 4.78 is 27.5. The Morgan fingerprint density at radius 1 is 1.40 bits per heavy atom. The van der Waals surface area contributed by atoms with E-state index >= 15 is 0 Å². The molecule has 1 fully saturated rings. The molecule has 1 amide bonds. The van der Waals surface area contributed by atoms with Crippen LogP contribution in [0.5, 0.6) is 0 Å². The van der Waals surface area contributed by atoms with Gasteiger partial charge in [-0.05, 0) is 46.1 Å². The predicted octanol–water partition coefficient (Wildman–Crippen LogP) is 4.25. The maximum Gasteiger partial charge on any atom is 0.414 e. The first-order valence-electron chi connectivity index (χ1n) is 8.50. The fourth-order valence-corrected chi connectivity index (χ4v) is 2.90. The summed E-state index contributed by atoms with van der Waals surface area (Å²) in [6, 6.07) is 2.96. The summed E-state index contributed by atoms with van der Waals surface area (Å²) >= 11 is 0. The van der Waals surface area contributed by atoms with Crippen molar-refractivity contribution in [2.75, 3.05) is 18.6 Å². The second-order valence-corrected chi connectivity index (χ2v) is 7.30. The van der Waals surface area contributed by atoms with E-state index in [9.17, 15) is 9.18 Å². The van der Waals surface area contributed by atoms with Gasteiger partial charge in [-0.25, -0.2) is 14.2 Å². The molecular formula is C18H24FN3O3. The van der Waals surface area contributed by atoms with Crippen LogP contribution in [-0.2, 0) is 9.47 Å². The fourth-order valence-electron chi connectivity index (χ4n) is 2.90. The van der Waals surface area contributed by atoms with E-state index in [1.807, 2.05) is 4.57 Å². The lowest BCUT2D eigenvalue weighted by atomic mass is 10.2. The first-order chi connectivity index (χ1) is 11.8. The summed E-state index contributed by atoms with van der Waals surface area (Å²) in [4.78, 5) is 17.7. The normalized spacial score (nSPS) is 18.4. The van der Waals surface area contributed by atoms with E-state index in [2.05, 4.69) is 4.98 Å². The number of aromatic nitrogens is 2. The van der Waals surface area contributed by atoms with Crippen LogP contribution in [0.25, 0.3) is 11.0 Å². The minimum atomic E-state index is -0.649. The lowest BCUT2D eigenvalue weighted by molar-refractivity contribution is -0.0295. The van der Waals surface area contributed by atoms with Crippen molar-refractivity contribution in [3.63, 3.8) is 0 Å². The number of amides is 1. The number of fused-ring (bicyclic) bond motifs is 1. The number of rotatable bonds is 2. The highest BCUT2D eigenvalue weighted by Gasteiger charge is 2.24. The van der Waals surface area contributed by atoms with E-state index in [-0.39, 0.29) is 11.9 Å². The second-order valence-electron chi connectivity index (χ2n) is 7.30. The van der Waals surface area contributed by atoms with E-state index in [4.69, 9.17) is 9.47 Å². The van der Waals surface area contributed by atoms with Crippen molar-refractivity contribution in [1.29, 1.82) is 0 Å². The smallest absolute Gasteiger partial charge is 0.414 e. The molecule has 7 heteroatoms. The Morgan fingerprint density at radius 3 is 2.80 bits per heavy atom. The highest BCUT2D eigenvalue weighted by molar-refractivity contribution is 5.91. The summed E-state index contributed by atoms with van der Waals surface area (Å²) in [5.74, 6) is -0.518. The number of benzene rings is 1. The minimum Gasteiger partial charge on any atom is -0.443 e. The second kappa shape index (κ2) is 6.63. The zero-order valence-corrected chi connectivity index (χ0v) is 15.1. The van der Waals surface area contributed by atoms with Crippen LogP contribution in [0.4, 0.5) is 14.9 Å². The number of halogens is 1. The molecule has 25 heavy (non-hydrogen) atoms. The lowest BCUT2D eigenvalue weighted by Gasteiger charge is -2.26. The molecule has 0 N–H and O–H groups in total. The number of hydrogen-bond acceptors (Lipinski definition) is 4. The van der Waals surface area contributed by atoms with Crippen LogP contribution in [-0.4, -0.2) is 34.9 Å². The number of carbonyl (C=O) groups is 1. The van der Waals surface area contributed by atoms with Crippen LogP contribution in [0, 0.1) is 5.82 Å². The Labute approximate surface area is 146 Å². The van der Waals surface area contributed by atoms with Gasteiger partial charge in [-0.15, -0.1) is 0 Å². The molecule has 1 aliphatic heterocycles. The van der Waals surface area contributed by atoms with Gasteiger partial charge >= 0.3 is 6.09 Å². The van der Waals surface area contributed by atoms with Gasteiger partial charge < -0.3 is 14.0 Å². The van der Waals surface area contributed by atoms with E-state index in [0.717, 1.165) is 24.8 Å². The monoisotopic (exact) mass is 349 g/mol. The molecule has 136 valence electrons. The van der Waals surface area contributed by atoms with Gasteiger partial charge in [0.15, 0.2) is 0 Å². The highest BCUT2D eigenvalue weighted by atomic mass is 19.1.